The number of nitrogens with two attached hydrogens (primary N) is 1. The Balaban J connectivity index is 1.84. The minimum absolute atomic E-state index is 0.00318. The van der Waals surface area contributed by atoms with Gasteiger partial charge in [-0.1, -0.05) is 42.5 Å². The van der Waals surface area contributed by atoms with Gasteiger partial charge in [-0.2, -0.15) is 0 Å². The standard InChI is InChI=1S/C18H21FN2/c1-12(14-8-5-6-10-16(14)19)21(2)17-11-13-7-3-4-9-15(13)18(17)20/h3-10,12,17-18H,11,20H2,1-2H3. The van der Waals surface area contributed by atoms with Crippen LogP contribution < -0.4 is 5.73 Å². The molecule has 0 spiro atoms. The lowest BCUT2D eigenvalue weighted by Gasteiger charge is -2.33. The van der Waals surface area contributed by atoms with Gasteiger partial charge in [0, 0.05) is 23.7 Å². The third-order valence-corrected chi connectivity index (χ3v) is 4.75. The second-order valence-corrected chi connectivity index (χ2v) is 5.86. The molecule has 0 heterocycles. The quantitative estimate of drug-likeness (QED) is 0.935. The minimum Gasteiger partial charge on any atom is -0.323 e. The van der Waals surface area contributed by atoms with E-state index in [9.17, 15) is 4.39 Å². The Morgan fingerprint density at radius 3 is 2.52 bits per heavy atom. The van der Waals surface area contributed by atoms with Gasteiger partial charge in [0.15, 0.2) is 0 Å². The molecule has 0 amide bonds. The van der Waals surface area contributed by atoms with E-state index in [0.29, 0.717) is 0 Å². The summed E-state index contributed by atoms with van der Waals surface area (Å²) in [6.45, 7) is 2.04. The first kappa shape index (κ1) is 14.2. The second-order valence-electron chi connectivity index (χ2n) is 5.86. The first-order chi connectivity index (χ1) is 10.1. The Hall–Kier alpha value is -1.71. The molecular weight excluding hydrogens is 263 g/mol. The molecule has 110 valence electrons. The maximum absolute atomic E-state index is 14.0. The van der Waals surface area contributed by atoms with Crippen molar-refractivity contribution < 1.29 is 4.39 Å². The van der Waals surface area contributed by atoms with Gasteiger partial charge < -0.3 is 5.73 Å². The lowest BCUT2D eigenvalue weighted by atomic mass is 10.0. The van der Waals surface area contributed by atoms with Crippen LogP contribution in [0.4, 0.5) is 4.39 Å². The highest BCUT2D eigenvalue weighted by Gasteiger charge is 2.34. The third kappa shape index (κ3) is 2.47. The molecule has 0 fully saturated rings. The summed E-state index contributed by atoms with van der Waals surface area (Å²) in [5.74, 6) is -0.152. The predicted octanol–water partition coefficient (Wildman–Crippen LogP) is 3.44. The van der Waals surface area contributed by atoms with Gasteiger partial charge in [-0.05, 0) is 37.6 Å². The molecule has 2 aromatic rings. The van der Waals surface area contributed by atoms with Crippen LogP contribution in [0.3, 0.4) is 0 Å². The highest BCUT2D eigenvalue weighted by Crippen LogP contribution is 2.35. The number of nitrogens with zero attached hydrogens (tertiary/aromatic N) is 1. The van der Waals surface area contributed by atoms with Crippen molar-refractivity contribution >= 4 is 0 Å². The summed E-state index contributed by atoms with van der Waals surface area (Å²) in [5.41, 5.74) is 9.66. The van der Waals surface area contributed by atoms with Crippen molar-refractivity contribution in [2.45, 2.75) is 31.5 Å². The summed E-state index contributed by atoms with van der Waals surface area (Å²) in [6, 6.07) is 15.5. The van der Waals surface area contributed by atoms with Gasteiger partial charge in [0.1, 0.15) is 5.82 Å². The zero-order valence-corrected chi connectivity index (χ0v) is 12.5. The van der Waals surface area contributed by atoms with Gasteiger partial charge in [-0.15, -0.1) is 0 Å². The second kappa shape index (κ2) is 5.58. The van der Waals surface area contributed by atoms with Gasteiger partial charge >= 0.3 is 0 Å². The zero-order chi connectivity index (χ0) is 15.0. The molecule has 0 saturated heterocycles. The third-order valence-electron chi connectivity index (χ3n) is 4.75. The highest BCUT2D eigenvalue weighted by atomic mass is 19.1. The molecule has 0 bridgehead atoms. The van der Waals surface area contributed by atoms with E-state index >= 15 is 0 Å². The summed E-state index contributed by atoms with van der Waals surface area (Å²) in [4.78, 5) is 2.20. The van der Waals surface area contributed by atoms with Crippen LogP contribution in [0.15, 0.2) is 48.5 Å². The number of fused-ring (bicyclic) bond motifs is 1. The van der Waals surface area contributed by atoms with Crippen LogP contribution >= 0.6 is 0 Å². The molecule has 0 saturated carbocycles. The highest BCUT2D eigenvalue weighted by molar-refractivity contribution is 5.37. The van der Waals surface area contributed by atoms with Gasteiger partial charge in [-0.3, -0.25) is 4.90 Å². The van der Waals surface area contributed by atoms with E-state index in [1.54, 1.807) is 6.07 Å². The predicted molar refractivity (Wildman–Crippen MR) is 83.4 cm³/mol. The number of halogens is 1. The fraction of sp³-hybridized carbons (Fsp3) is 0.333. The molecule has 3 heteroatoms. The van der Waals surface area contributed by atoms with Crippen LogP contribution in [0, 0.1) is 5.82 Å². The Morgan fingerprint density at radius 1 is 1.14 bits per heavy atom. The number of hydrogen-bond acceptors (Lipinski definition) is 2. The Kier molecular flexibility index (Phi) is 3.79. The first-order valence-corrected chi connectivity index (χ1v) is 7.39. The minimum atomic E-state index is -0.152. The van der Waals surface area contributed by atoms with Gasteiger partial charge in [0.25, 0.3) is 0 Å². The molecule has 2 aromatic carbocycles. The normalized spacial score (nSPS) is 22.3. The number of likely N-dealkylation sites (N-methyl/N-ethyl adjacent to an activating group) is 1. The molecule has 0 aliphatic heterocycles. The maximum Gasteiger partial charge on any atom is 0.127 e. The largest absolute Gasteiger partial charge is 0.323 e. The van der Waals surface area contributed by atoms with E-state index in [1.807, 2.05) is 38.2 Å². The van der Waals surface area contributed by atoms with E-state index in [4.69, 9.17) is 5.73 Å². The van der Waals surface area contributed by atoms with E-state index in [1.165, 1.54) is 17.2 Å². The van der Waals surface area contributed by atoms with Crippen molar-refractivity contribution in [2.75, 3.05) is 7.05 Å². The summed E-state index contributed by atoms with van der Waals surface area (Å²) in [6.07, 6.45) is 0.923. The van der Waals surface area contributed by atoms with Gasteiger partial charge in [-0.25, -0.2) is 4.39 Å². The molecule has 3 unspecified atom stereocenters. The Labute approximate surface area is 125 Å². The molecule has 2 nitrogen and oxygen atoms in total. The first-order valence-electron chi connectivity index (χ1n) is 7.39. The SMILES string of the molecule is CC(c1ccccc1F)N(C)C1Cc2ccccc2C1N. The lowest BCUT2D eigenvalue weighted by Crippen LogP contribution is -2.40. The van der Waals surface area contributed by atoms with Crippen LogP contribution in [-0.4, -0.2) is 18.0 Å². The fourth-order valence-corrected chi connectivity index (χ4v) is 3.32. The molecule has 1 aliphatic rings. The number of benzene rings is 2. The van der Waals surface area contributed by atoms with E-state index in [-0.39, 0.29) is 23.9 Å². The zero-order valence-electron chi connectivity index (χ0n) is 12.5. The van der Waals surface area contributed by atoms with Crippen LogP contribution in [0.25, 0.3) is 0 Å². The van der Waals surface area contributed by atoms with E-state index < -0.39 is 0 Å². The average Bonchev–Trinajstić information content (AvgIpc) is 2.84. The smallest absolute Gasteiger partial charge is 0.127 e. The number of hydrogen-bond donors (Lipinski definition) is 1. The lowest BCUT2D eigenvalue weighted by molar-refractivity contribution is 0.166. The molecular formula is C18H21FN2. The average molecular weight is 284 g/mol. The van der Waals surface area contributed by atoms with E-state index in [2.05, 4.69) is 17.0 Å². The van der Waals surface area contributed by atoms with Crippen molar-refractivity contribution in [1.29, 1.82) is 0 Å². The molecule has 0 radical (unpaired) electrons. The maximum atomic E-state index is 14.0. The van der Waals surface area contributed by atoms with Crippen molar-refractivity contribution in [2.24, 2.45) is 5.73 Å². The molecule has 2 N–H and O–H groups in total. The summed E-state index contributed by atoms with van der Waals surface area (Å²) < 4.78 is 14.0. The van der Waals surface area contributed by atoms with Gasteiger partial charge in [0.2, 0.25) is 0 Å². The molecule has 21 heavy (non-hydrogen) atoms. The number of rotatable bonds is 3. The van der Waals surface area contributed by atoms with Crippen molar-refractivity contribution in [3.05, 3.63) is 71.0 Å². The molecule has 1 aliphatic carbocycles. The molecule has 3 rings (SSSR count). The van der Waals surface area contributed by atoms with Crippen molar-refractivity contribution in [3.63, 3.8) is 0 Å². The van der Waals surface area contributed by atoms with E-state index in [0.717, 1.165) is 12.0 Å². The summed E-state index contributed by atoms with van der Waals surface area (Å²) in [5, 5.41) is 0. The van der Waals surface area contributed by atoms with Crippen LogP contribution in [-0.2, 0) is 6.42 Å². The molecule has 3 atom stereocenters. The monoisotopic (exact) mass is 284 g/mol. The fourth-order valence-electron chi connectivity index (χ4n) is 3.32. The van der Waals surface area contributed by atoms with Crippen LogP contribution in [0.1, 0.15) is 35.7 Å². The van der Waals surface area contributed by atoms with Crippen molar-refractivity contribution in [3.8, 4) is 0 Å². The summed E-state index contributed by atoms with van der Waals surface area (Å²) in [7, 11) is 2.04. The van der Waals surface area contributed by atoms with Crippen molar-refractivity contribution in [1.82, 2.24) is 4.90 Å². The van der Waals surface area contributed by atoms with Crippen LogP contribution in [0.5, 0.6) is 0 Å². The Bertz CT molecular complexity index is 641. The van der Waals surface area contributed by atoms with Crippen LogP contribution in [0.2, 0.25) is 0 Å². The Morgan fingerprint density at radius 2 is 1.81 bits per heavy atom. The van der Waals surface area contributed by atoms with Gasteiger partial charge in [0.05, 0.1) is 0 Å². The summed E-state index contributed by atoms with van der Waals surface area (Å²) >= 11 is 0. The topological polar surface area (TPSA) is 29.3 Å². The molecule has 0 aromatic heterocycles.